The van der Waals surface area contributed by atoms with Gasteiger partial charge in [-0.2, -0.15) is 0 Å². The van der Waals surface area contributed by atoms with E-state index < -0.39 is 48.5 Å². The molecule has 6 N–H and O–H groups in total. The molecule has 0 radical (unpaired) electrons. The Morgan fingerprint density at radius 3 is 2.11 bits per heavy atom. The van der Waals surface area contributed by atoms with Gasteiger partial charge in [-0.15, -0.1) is 0 Å². The number of para-hydroxylation sites is 1. The fraction of sp³-hybridized carbons (Fsp3) is 0.558. The molecule has 0 saturated carbocycles. The zero-order chi connectivity index (χ0) is 46.6. The minimum absolute atomic E-state index is 0.0536. The van der Waals surface area contributed by atoms with Crippen LogP contribution in [0.4, 0.5) is 10.5 Å². The van der Waals surface area contributed by atoms with Crippen LogP contribution in [0.5, 0.6) is 0 Å². The van der Waals surface area contributed by atoms with Crippen LogP contribution in [0.2, 0.25) is 0 Å². The first-order chi connectivity index (χ1) is 29.7. The van der Waals surface area contributed by atoms with Crippen molar-refractivity contribution in [1.82, 2.24) is 36.5 Å². The van der Waals surface area contributed by atoms with Crippen LogP contribution >= 0.6 is 43.2 Å². The molecule has 16 nitrogen and oxygen atoms in total. The van der Waals surface area contributed by atoms with Gasteiger partial charge in [0.2, 0.25) is 23.6 Å². The van der Waals surface area contributed by atoms with Crippen molar-refractivity contribution in [3.8, 4) is 0 Å². The molecule has 2 aromatic carbocycles. The lowest BCUT2D eigenvalue weighted by Crippen LogP contribution is -2.56. The Kier molecular flexibility index (Phi) is 22.4. The number of amides is 5. The van der Waals surface area contributed by atoms with Crippen molar-refractivity contribution in [2.24, 2.45) is 5.11 Å². The van der Waals surface area contributed by atoms with E-state index in [0.717, 1.165) is 29.4 Å². The molecule has 0 aliphatic rings. The first-order valence-corrected chi connectivity index (χ1v) is 25.4. The highest BCUT2D eigenvalue weighted by Crippen LogP contribution is 2.36. The van der Waals surface area contributed by atoms with Crippen molar-refractivity contribution in [2.75, 3.05) is 38.7 Å². The maximum atomic E-state index is 14.2. The van der Waals surface area contributed by atoms with Gasteiger partial charge in [0.25, 0.3) is 0 Å². The molecule has 0 fully saturated rings. The van der Waals surface area contributed by atoms with Crippen LogP contribution in [0, 0.1) is 0 Å². The minimum Gasteiger partial charge on any atom is -0.445 e. The van der Waals surface area contributed by atoms with Crippen molar-refractivity contribution in [3.63, 3.8) is 0 Å². The Bertz CT molecular complexity index is 2000. The molecular weight excluding hydrogens is 881 g/mol. The van der Waals surface area contributed by atoms with E-state index in [1.807, 2.05) is 77.2 Å². The van der Waals surface area contributed by atoms with E-state index >= 15 is 0 Å². The summed E-state index contributed by atoms with van der Waals surface area (Å²) in [5.74, 6) is -1.24. The second-order valence-electron chi connectivity index (χ2n) is 17.3. The van der Waals surface area contributed by atoms with Gasteiger partial charge in [0, 0.05) is 61.2 Å². The van der Waals surface area contributed by atoms with E-state index in [9.17, 15) is 24.0 Å². The molecule has 346 valence electrons. The number of alkyl carbamates (subject to hydrolysis) is 1. The highest BCUT2D eigenvalue weighted by molar-refractivity contribution is 8.77. The molecule has 4 atom stereocenters. The van der Waals surface area contributed by atoms with Gasteiger partial charge in [-0.1, -0.05) is 132 Å². The Balaban J connectivity index is 1.73. The second kappa shape index (κ2) is 26.6. The Morgan fingerprint density at radius 1 is 0.810 bits per heavy atom. The van der Waals surface area contributed by atoms with E-state index in [4.69, 9.17) is 10.3 Å². The molecule has 0 unspecified atom stereocenters. The highest BCUT2D eigenvalue weighted by atomic mass is 33.1. The lowest BCUT2D eigenvalue weighted by atomic mass is 10.0. The summed E-state index contributed by atoms with van der Waals surface area (Å²) in [6.07, 6.45) is 2.88. The first-order valence-electron chi connectivity index (χ1n) is 20.8. The van der Waals surface area contributed by atoms with Gasteiger partial charge in [0.15, 0.2) is 0 Å². The summed E-state index contributed by atoms with van der Waals surface area (Å²) >= 11 is 0. The molecule has 0 spiro atoms. The van der Waals surface area contributed by atoms with Crippen LogP contribution < -0.4 is 26.6 Å². The van der Waals surface area contributed by atoms with Crippen molar-refractivity contribution < 1.29 is 28.7 Å². The molecule has 3 aromatic rings. The number of aromatic nitrogens is 1. The predicted octanol–water partition coefficient (Wildman–Crippen LogP) is 7.63. The molecule has 20 heteroatoms. The topological polar surface area (TPSA) is 223 Å². The fourth-order valence-electron chi connectivity index (χ4n) is 5.79. The largest absolute Gasteiger partial charge is 0.445 e. The summed E-state index contributed by atoms with van der Waals surface area (Å²) in [6.45, 7) is 14.6. The van der Waals surface area contributed by atoms with Gasteiger partial charge in [-0.3, -0.25) is 19.2 Å². The van der Waals surface area contributed by atoms with Gasteiger partial charge in [0.05, 0.1) is 6.54 Å². The molecule has 0 aliphatic heterocycles. The quantitative estimate of drug-likeness (QED) is 0.0159. The number of nitrogens with one attached hydrogen (secondary N) is 6. The Morgan fingerprint density at radius 2 is 1.46 bits per heavy atom. The van der Waals surface area contributed by atoms with Crippen molar-refractivity contribution in [1.29, 1.82) is 0 Å². The Hall–Kier alpha value is -4.20. The van der Waals surface area contributed by atoms with Crippen LogP contribution in [0.25, 0.3) is 21.3 Å². The number of hydrogen-bond donors (Lipinski definition) is 6. The predicted molar refractivity (Wildman–Crippen MR) is 261 cm³/mol. The zero-order valence-electron chi connectivity index (χ0n) is 37.7. The van der Waals surface area contributed by atoms with E-state index in [1.165, 1.54) is 21.6 Å². The molecule has 0 bridgehead atoms. The number of fused-ring (bicyclic) bond motifs is 1. The normalized spacial score (nSPS) is 13.6. The van der Waals surface area contributed by atoms with Crippen LogP contribution in [0.15, 0.2) is 59.8 Å². The summed E-state index contributed by atoms with van der Waals surface area (Å²) in [4.78, 5) is 76.0. The lowest BCUT2D eigenvalue weighted by molar-refractivity contribution is -0.132. The molecule has 0 saturated heterocycles. The molecule has 0 aliphatic carbocycles. The van der Waals surface area contributed by atoms with Crippen LogP contribution in [0.1, 0.15) is 78.9 Å². The molecular formula is C43H64N10O6S4. The third-order valence-corrected chi connectivity index (χ3v) is 15.7. The SMILES string of the molecule is C[C@H](CSSC(C)(C)C)NC(=O)[C@H](Cc1c[nH]c2ccccc12)NC(=O)[C@H](CCCCN(C)C)NC(=O)CNC(=O)[C@H](CSSC(C)(C)C)NC(=O)OCc1ccc(N=[N+]=[N-])cc1. The average molecular weight is 945 g/mol. The summed E-state index contributed by atoms with van der Waals surface area (Å²) in [5, 5.41) is 18.5. The fourth-order valence-corrected chi connectivity index (χ4v) is 10.8. The van der Waals surface area contributed by atoms with Gasteiger partial charge in [-0.05, 0) is 69.6 Å². The van der Waals surface area contributed by atoms with E-state index in [-0.39, 0.29) is 40.2 Å². The third-order valence-electron chi connectivity index (χ3n) is 8.79. The number of unbranched alkanes of at least 4 members (excludes halogenated alkanes) is 1. The summed E-state index contributed by atoms with van der Waals surface area (Å²) < 4.78 is 5.29. The number of rotatable bonds is 25. The number of aromatic amines is 1. The third kappa shape index (κ3) is 21.4. The zero-order valence-corrected chi connectivity index (χ0v) is 41.0. The number of carbonyl (C=O) groups is 5. The number of hydrogen-bond acceptors (Lipinski definition) is 12. The van der Waals surface area contributed by atoms with Crippen LogP contribution in [-0.2, 0) is 36.9 Å². The second-order valence-corrected chi connectivity index (χ2v) is 23.6. The number of ether oxygens (including phenoxy) is 1. The smallest absolute Gasteiger partial charge is 0.408 e. The number of azide groups is 1. The first kappa shape index (κ1) is 53.1. The van der Waals surface area contributed by atoms with Gasteiger partial charge < -0.3 is 41.2 Å². The standard InChI is InChI=1S/C43H64N10O6S4/c1-28(26-60-62-42(2,3)4)47-40(57)35(22-30-23-45-33-15-11-10-14-32(30)33)49-39(56)34(16-12-13-21-53(8)9)48-37(54)24-46-38(55)36(27-61-63-43(5,6)7)50-41(58)59-25-29-17-19-31(20-18-29)51-52-44/h10-11,14-15,17-20,23,28,34-36,45H,12-13,16,21-22,24-27H2,1-9H3,(H,46,55)(H,47,57)(H,48,54)(H,49,56)(H,50,58)/t28-,34+,35+,36+/m1/s1. The minimum atomic E-state index is -1.06. The summed E-state index contributed by atoms with van der Waals surface area (Å²) in [6, 6.07) is 11.0. The number of H-pyrrole nitrogens is 1. The van der Waals surface area contributed by atoms with Gasteiger partial charge in [-0.25, -0.2) is 4.79 Å². The van der Waals surface area contributed by atoms with E-state index in [1.54, 1.807) is 45.9 Å². The van der Waals surface area contributed by atoms with Crippen LogP contribution in [0.3, 0.4) is 0 Å². The maximum absolute atomic E-state index is 14.2. The summed E-state index contributed by atoms with van der Waals surface area (Å²) in [5.41, 5.74) is 11.5. The van der Waals surface area contributed by atoms with Crippen molar-refractivity contribution in [3.05, 3.63) is 76.3 Å². The number of nitrogens with zero attached hydrogens (tertiary/aromatic N) is 4. The molecule has 63 heavy (non-hydrogen) atoms. The van der Waals surface area contributed by atoms with E-state index in [2.05, 4.69) is 62.4 Å². The summed E-state index contributed by atoms with van der Waals surface area (Å²) in [7, 11) is 10.3. The average Bonchev–Trinajstić information content (AvgIpc) is 3.61. The molecule has 1 aromatic heterocycles. The van der Waals surface area contributed by atoms with E-state index in [0.29, 0.717) is 29.8 Å². The Labute approximate surface area is 387 Å². The highest BCUT2D eigenvalue weighted by Gasteiger charge is 2.30. The monoisotopic (exact) mass is 944 g/mol. The van der Waals surface area contributed by atoms with Gasteiger partial charge >= 0.3 is 6.09 Å². The molecule has 1 heterocycles. The number of carbonyl (C=O) groups excluding carboxylic acids is 5. The van der Waals surface area contributed by atoms with Crippen molar-refractivity contribution >= 4 is 89.5 Å². The molecule has 3 rings (SSSR count). The van der Waals surface area contributed by atoms with Gasteiger partial charge in [0.1, 0.15) is 24.7 Å². The lowest BCUT2D eigenvalue weighted by Gasteiger charge is -2.25. The maximum Gasteiger partial charge on any atom is 0.408 e. The molecule has 5 amide bonds. The van der Waals surface area contributed by atoms with Crippen molar-refractivity contribution in [2.45, 2.75) is 114 Å². The van der Waals surface area contributed by atoms with Crippen LogP contribution in [-0.4, -0.2) is 112 Å². The number of benzene rings is 2.